The lowest BCUT2D eigenvalue weighted by atomic mass is 10.1. The number of ether oxygens (including phenoxy) is 1. The minimum atomic E-state index is -0.485. The molecule has 0 aliphatic heterocycles. The molecule has 0 saturated heterocycles. The Morgan fingerprint density at radius 3 is 2.74 bits per heavy atom. The van der Waals surface area contributed by atoms with Crippen molar-refractivity contribution in [3.63, 3.8) is 0 Å². The molecule has 2 aromatic carbocycles. The maximum absolute atomic E-state index is 15.1. The van der Waals surface area contributed by atoms with Gasteiger partial charge in [0.2, 0.25) is 0 Å². The molecule has 3 rings (SSSR count). The molecule has 0 amide bonds. The summed E-state index contributed by atoms with van der Waals surface area (Å²) in [6.45, 7) is 11.3. The fourth-order valence-electron chi connectivity index (χ4n) is 3.50. The van der Waals surface area contributed by atoms with E-state index in [1.165, 1.54) is 12.4 Å². The smallest absolute Gasteiger partial charge is 0.156 e. The Hall–Kier alpha value is -2.84. The first-order chi connectivity index (χ1) is 14.9. The van der Waals surface area contributed by atoms with Gasteiger partial charge < -0.3 is 15.4 Å². The third kappa shape index (κ3) is 4.75. The van der Waals surface area contributed by atoms with Crippen LogP contribution in [0.5, 0.6) is 5.75 Å². The van der Waals surface area contributed by atoms with Gasteiger partial charge in [-0.1, -0.05) is 35.5 Å². The van der Waals surface area contributed by atoms with Crippen LogP contribution in [0.2, 0.25) is 0 Å². The van der Waals surface area contributed by atoms with Crippen molar-refractivity contribution in [3.05, 3.63) is 53.0 Å². The van der Waals surface area contributed by atoms with Crippen molar-refractivity contribution in [1.29, 1.82) is 0 Å². The van der Waals surface area contributed by atoms with Crippen LogP contribution in [0.3, 0.4) is 0 Å². The summed E-state index contributed by atoms with van der Waals surface area (Å²) in [5, 5.41) is 7.01. The first kappa shape index (κ1) is 22.8. The number of aromatic nitrogens is 2. The minimum Gasteiger partial charge on any atom is -0.488 e. The lowest BCUT2D eigenvalue weighted by molar-refractivity contribution is 0.174. The van der Waals surface area contributed by atoms with Crippen molar-refractivity contribution in [2.24, 2.45) is 4.99 Å². The molecule has 1 aromatic heterocycles. The van der Waals surface area contributed by atoms with E-state index in [0.29, 0.717) is 28.2 Å². The van der Waals surface area contributed by atoms with Crippen molar-refractivity contribution < 1.29 is 9.13 Å². The largest absolute Gasteiger partial charge is 0.488 e. The summed E-state index contributed by atoms with van der Waals surface area (Å²) in [6, 6.07) is 7.17. The van der Waals surface area contributed by atoms with Crippen LogP contribution in [0, 0.1) is 5.82 Å². The van der Waals surface area contributed by atoms with Crippen LogP contribution in [-0.4, -0.2) is 35.9 Å². The van der Waals surface area contributed by atoms with Gasteiger partial charge >= 0.3 is 0 Å². The second-order valence-corrected chi connectivity index (χ2v) is 7.91. The van der Waals surface area contributed by atoms with E-state index in [-0.39, 0.29) is 23.4 Å². The highest BCUT2D eigenvalue weighted by Gasteiger charge is 2.20. The monoisotopic (exact) mass is 485 g/mol. The zero-order valence-corrected chi connectivity index (χ0v) is 19.3. The number of likely N-dealkylation sites (N-methyl/N-ethyl adjacent to an activating group) is 1. The van der Waals surface area contributed by atoms with E-state index in [1.807, 2.05) is 26.1 Å². The quantitative estimate of drug-likeness (QED) is 0.362. The predicted molar refractivity (Wildman–Crippen MR) is 129 cm³/mol. The molecule has 0 fully saturated rings. The number of hydrogen-bond acceptors (Lipinski definition) is 6. The molecular formula is C23H25BrFN5O. The third-order valence-corrected chi connectivity index (χ3v) is 5.60. The predicted octanol–water partition coefficient (Wildman–Crippen LogP) is 6.02. The number of hydrogen-bond donors (Lipinski definition) is 2. The van der Waals surface area contributed by atoms with Crippen LogP contribution < -0.4 is 15.4 Å². The SMILES string of the molecule is C=Cc1c(N=C)ccc(Nc2ncnc3cc(Br)cc(OC(C)C(CC)NC)c23)c1F. The Kier molecular flexibility index (Phi) is 7.35. The van der Waals surface area contributed by atoms with E-state index < -0.39 is 5.82 Å². The highest BCUT2D eigenvalue weighted by atomic mass is 79.9. The highest BCUT2D eigenvalue weighted by molar-refractivity contribution is 9.10. The van der Waals surface area contributed by atoms with E-state index in [0.717, 1.165) is 10.9 Å². The van der Waals surface area contributed by atoms with Crippen LogP contribution in [0.4, 0.5) is 21.6 Å². The summed E-state index contributed by atoms with van der Waals surface area (Å²) in [4.78, 5) is 12.6. The van der Waals surface area contributed by atoms with Crippen LogP contribution in [0.25, 0.3) is 17.0 Å². The maximum atomic E-state index is 15.1. The zero-order valence-electron chi connectivity index (χ0n) is 17.7. The molecule has 0 bridgehead atoms. The molecule has 2 unspecified atom stereocenters. The Morgan fingerprint density at radius 2 is 2.10 bits per heavy atom. The summed E-state index contributed by atoms with van der Waals surface area (Å²) in [5.41, 5.74) is 1.60. The fraction of sp³-hybridized carbons (Fsp3) is 0.261. The molecule has 3 aromatic rings. The molecule has 8 heteroatoms. The van der Waals surface area contributed by atoms with Gasteiger partial charge in [0, 0.05) is 16.1 Å². The lowest BCUT2D eigenvalue weighted by Crippen LogP contribution is -2.38. The molecule has 0 saturated carbocycles. The average molecular weight is 486 g/mol. The van der Waals surface area contributed by atoms with Gasteiger partial charge in [-0.3, -0.25) is 4.99 Å². The van der Waals surface area contributed by atoms with Crippen LogP contribution in [-0.2, 0) is 0 Å². The van der Waals surface area contributed by atoms with E-state index in [9.17, 15) is 0 Å². The molecule has 1 heterocycles. The van der Waals surface area contributed by atoms with Crippen LogP contribution >= 0.6 is 15.9 Å². The van der Waals surface area contributed by atoms with Gasteiger partial charge in [0.05, 0.1) is 22.3 Å². The normalized spacial score (nSPS) is 12.9. The maximum Gasteiger partial charge on any atom is 0.156 e. The molecule has 31 heavy (non-hydrogen) atoms. The van der Waals surface area contributed by atoms with Gasteiger partial charge in [-0.2, -0.15) is 0 Å². The summed E-state index contributed by atoms with van der Waals surface area (Å²) >= 11 is 3.52. The van der Waals surface area contributed by atoms with Crippen molar-refractivity contribution >= 4 is 56.8 Å². The molecular weight excluding hydrogens is 461 g/mol. The highest BCUT2D eigenvalue weighted by Crippen LogP contribution is 2.37. The van der Waals surface area contributed by atoms with Gasteiger partial charge in [0.1, 0.15) is 24.0 Å². The van der Waals surface area contributed by atoms with E-state index in [1.54, 1.807) is 12.1 Å². The molecule has 0 spiro atoms. The average Bonchev–Trinajstić information content (AvgIpc) is 2.75. The zero-order chi connectivity index (χ0) is 22.5. The third-order valence-electron chi connectivity index (χ3n) is 5.14. The molecule has 0 radical (unpaired) electrons. The molecule has 6 nitrogen and oxygen atoms in total. The van der Waals surface area contributed by atoms with Crippen molar-refractivity contribution in [2.75, 3.05) is 12.4 Å². The van der Waals surface area contributed by atoms with E-state index in [4.69, 9.17) is 4.74 Å². The Morgan fingerprint density at radius 1 is 1.32 bits per heavy atom. The lowest BCUT2D eigenvalue weighted by Gasteiger charge is -2.24. The van der Waals surface area contributed by atoms with Crippen LogP contribution in [0.15, 0.2) is 46.6 Å². The molecule has 2 atom stereocenters. The number of nitrogens with one attached hydrogen (secondary N) is 2. The number of halogens is 2. The number of fused-ring (bicyclic) bond motifs is 1. The van der Waals surface area contributed by atoms with Gasteiger partial charge in [-0.25, -0.2) is 14.4 Å². The molecule has 2 N–H and O–H groups in total. The van der Waals surface area contributed by atoms with Crippen molar-refractivity contribution in [1.82, 2.24) is 15.3 Å². The summed E-state index contributed by atoms with van der Waals surface area (Å²) < 4.78 is 22.2. The van der Waals surface area contributed by atoms with E-state index >= 15 is 4.39 Å². The first-order valence-electron chi connectivity index (χ1n) is 9.90. The second kappa shape index (κ2) is 9.98. The number of nitrogens with zero attached hydrogens (tertiary/aromatic N) is 3. The van der Waals surface area contributed by atoms with Gasteiger partial charge in [0.15, 0.2) is 5.82 Å². The van der Waals surface area contributed by atoms with Gasteiger partial charge in [-0.05, 0) is 51.4 Å². The number of anilines is 2. The molecule has 0 aliphatic carbocycles. The van der Waals surface area contributed by atoms with Gasteiger partial charge in [-0.15, -0.1) is 0 Å². The first-order valence-corrected chi connectivity index (χ1v) is 10.7. The summed E-state index contributed by atoms with van der Waals surface area (Å²) in [6.07, 6.45) is 3.64. The van der Waals surface area contributed by atoms with Crippen molar-refractivity contribution in [2.45, 2.75) is 32.4 Å². The van der Waals surface area contributed by atoms with Gasteiger partial charge in [0.25, 0.3) is 0 Å². The van der Waals surface area contributed by atoms with E-state index in [2.05, 4.69) is 61.7 Å². The summed E-state index contributed by atoms with van der Waals surface area (Å²) in [7, 11) is 1.91. The molecule has 162 valence electrons. The number of aliphatic imine (C=N–C) groups is 1. The molecule has 0 aliphatic rings. The van der Waals surface area contributed by atoms with Crippen molar-refractivity contribution in [3.8, 4) is 5.75 Å². The van der Waals surface area contributed by atoms with Crippen LogP contribution in [0.1, 0.15) is 25.8 Å². The fourth-order valence-corrected chi connectivity index (χ4v) is 3.93. The summed E-state index contributed by atoms with van der Waals surface area (Å²) in [5.74, 6) is 0.550. The second-order valence-electron chi connectivity index (χ2n) is 6.99. The number of benzene rings is 2. The Labute approximate surface area is 189 Å². The minimum absolute atomic E-state index is 0.109. The Bertz CT molecular complexity index is 1120. The standard InChI is InChI=1S/C23H25BrFN5O/c1-6-15-17(27-5)8-9-18(22(15)25)30-23-21-19(28-12-29-23)10-14(24)11-20(21)31-13(3)16(7-2)26-4/h6,8-13,16,26H,1,5,7H2,2-4H3,(H,28,29,30). The Balaban J connectivity index is 2.10. The number of rotatable bonds is 9. The topological polar surface area (TPSA) is 71.4 Å².